The van der Waals surface area contributed by atoms with Gasteiger partial charge in [0.05, 0.1) is 5.56 Å². The molecule has 6 heteroatoms. The summed E-state index contributed by atoms with van der Waals surface area (Å²) in [6.45, 7) is 2.51. The Balaban J connectivity index is 1.84. The summed E-state index contributed by atoms with van der Waals surface area (Å²) in [7, 11) is 0. The van der Waals surface area contributed by atoms with E-state index in [1.54, 1.807) is 30.0 Å². The number of thioether (sulfide) groups is 2. The first kappa shape index (κ1) is 17.8. The number of amides is 1. The Bertz CT molecular complexity index is 647. The van der Waals surface area contributed by atoms with Crippen molar-refractivity contribution in [3.8, 4) is 0 Å². The molecule has 1 N–H and O–H groups in total. The molecule has 0 aromatic heterocycles. The molecule has 23 heavy (non-hydrogen) atoms. The van der Waals surface area contributed by atoms with Gasteiger partial charge in [0.25, 0.3) is 11.7 Å². The maximum atomic E-state index is 12.5. The van der Waals surface area contributed by atoms with Crippen LogP contribution in [0.15, 0.2) is 58.3 Å². The van der Waals surface area contributed by atoms with Gasteiger partial charge in [0.2, 0.25) is 0 Å². The molecule has 2 rings (SSSR count). The van der Waals surface area contributed by atoms with Gasteiger partial charge < -0.3 is 5.32 Å². The van der Waals surface area contributed by atoms with E-state index in [0.717, 1.165) is 10.6 Å². The number of aryl methyl sites for hydroxylation is 1. The van der Waals surface area contributed by atoms with Gasteiger partial charge in [-0.1, -0.05) is 41.6 Å². The van der Waals surface area contributed by atoms with Gasteiger partial charge in [-0.2, -0.15) is 8.78 Å². The van der Waals surface area contributed by atoms with Crippen molar-refractivity contribution < 1.29 is 13.6 Å². The van der Waals surface area contributed by atoms with Crippen molar-refractivity contribution in [2.75, 3.05) is 12.3 Å². The lowest BCUT2D eigenvalue weighted by atomic mass is 10.2. The highest BCUT2D eigenvalue weighted by molar-refractivity contribution is 7.99. The minimum atomic E-state index is -2.54. The van der Waals surface area contributed by atoms with Crippen molar-refractivity contribution in [1.82, 2.24) is 5.32 Å². The summed E-state index contributed by atoms with van der Waals surface area (Å²) in [6.07, 6.45) is 0. The summed E-state index contributed by atoms with van der Waals surface area (Å²) in [5.41, 5.74) is 1.49. The zero-order valence-electron chi connectivity index (χ0n) is 12.6. The van der Waals surface area contributed by atoms with Crippen LogP contribution in [0.1, 0.15) is 15.9 Å². The summed E-state index contributed by atoms with van der Waals surface area (Å²) in [6, 6.07) is 14.6. The first-order chi connectivity index (χ1) is 11.1. The molecule has 122 valence electrons. The second-order valence-corrected chi connectivity index (χ2v) is 6.99. The van der Waals surface area contributed by atoms with Crippen LogP contribution in [0.3, 0.4) is 0 Å². The van der Waals surface area contributed by atoms with Gasteiger partial charge in [-0.15, -0.1) is 11.8 Å². The third-order valence-electron chi connectivity index (χ3n) is 3.03. The molecular weight excluding hydrogens is 336 g/mol. The Labute approximate surface area is 143 Å². The fourth-order valence-electron chi connectivity index (χ4n) is 1.92. The topological polar surface area (TPSA) is 29.1 Å². The van der Waals surface area contributed by atoms with Gasteiger partial charge in [0.1, 0.15) is 0 Å². The van der Waals surface area contributed by atoms with Crippen molar-refractivity contribution in [3.63, 3.8) is 0 Å². The Morgan fingerprint density at radius 3 is 2.52 bits per heavy atom. The maximum Gasteiger partial charge on any atom is 0.288 e. The number of hydrogen-bond acceptors (Lipinski definition) is 3. The average Bonchev–Trinajstić information content (AvgIpc) is 2.53. The van der Waals surface area contributed by atoms with E-state index in [2.05, 4.69) is 5.32 Å². The molecule has 0 atom stereocenters. The number of benzene rings is 2. The number of halogens is 2. The van der Waals surface area contributed by atoms with E-state index in [1.165, 1.54) is 11.6 Å². The number of carbonyl (C=O) groups is 1. The molecular formula is C17H17F2NOS2. The third-order valence-corrected chi connectivity index (χ3v) is 4.83. The molecule has 2 aromatic rings. The number of carbonyl (C=O) groups excluding carboxylic acids is 1. The fourth-order valence-corrected chi connectivity index (χ4v) is 3.32. The molecule has 0 aliphatic heterocycles. The number of hydrogen-bond donors (Lipinski definition) is 1. The predicted octanol–water partition coefficient (Wildman–Crippen LogP) is 4.83. The summed E-state index contributed by atoms with van der Waals surface area (Å²) in [5, 5.41) is 2.78. The summed E-state index contributed by atoms with van der Waals surface area (Å²) in [4.78, 5) is 13.6. The van der Waals surface area contributed by atoms with E-state index in [0.29, 0.717) is 23.2 Å². The molecule has 0 aliphatic carbocycles. The van der Waals surface area contributed by atoms with Crippen molar-refractivity contribution in [2.45, 2.75) is 22.5 Å². The lowest BCUT2D eigenvalue weighted by molar-refractivity contribution is 0.0953. The molecule has 0 fully saturated rings. The highest BCUT2D eigenvalue weighted by atomic mass is 32.2. The molecule has 2 nitrogen and oxygen atoms in total. The van der Waals surface area contributed by atoms with Crippen LogP contribution in [0.2, 0.25) is 0 Å². The third kappa shape index (κ3) is 5.88. The highest BCUT2D eigenvalue weighted by Crippen LogP contribution is 2.28. The van der Waals surface area contributed by atoms with Crippen LogP contribution in [0.25, 0.3) is 0 Å². The maximum absolute atomic E-state index is 12.5. The first-order valence-corrected chi connectivity index (χ1v) is 8.94. The Morgan fingerprint density at radius 1 is 1.13 bits per heavy atom. The zero-order chi connectivity index (χ0) is 16.7. The lowest BCUT2D eigenvalue weighted by Gasteiger charge is -2.09. The Hall–Kier alpha value is -1.53. The van der Waals surface area contributed by atoms with Gasteiger partial charge in [-0.3, -0.25) is 4.79 Å². The van der Waals surface area contributed by atoms with E-state index in [9.17, 15) is 13.6 Å². The van der Waals surface area contributed by atoms with Crippen molar-refractivity contribution in [1.29, 1.82) is 0 Å². The van der Waals surface area contributed by atoms with Crippen LogP contribution < -0.4 is 5.32 Å². The average molecular weight is 353 g/mol. The van der Waals surface area contributed by atoms with Gasteiger partial charge in [0.15, 0.2) is 0 Å². The molecule has 0 aliphatic rings. The van der Waals surface area contributed by atoms with Crippen molar-refractivity contribution in [3.05, 3.63) is 59.7 Å². The predicted molar refractivity (Wildman–Crippen MR) is 92.5 cm³/mol. The second kappa shape index (κ2) is 8.93. The molecule has 0 heterocycles. The van der Waals surface area contributed by atoms with E-state index < -0.39 is 5.76 Å². The summed E-state index contributed by atoms with van der Waals surface area (Å²) < 4.78 is 25.0. The van der Waals surface area contributed by atoms with E-state index in [-0.39, 0.29) is 11.5 Å². The molecule has 0 unspecified atom stereocenters. The minimum Gasteiger partial charge on any atom is -0.351 e. The quantitative estimate of drug-likeness (QED) is 0.571. The fraction of sp³-hybridized carbons (Fsp3) is 0.235. The van der Waals surface area contributed by atoms with Gasteiger partial charge in [0, 0.05) is 22.1 Å². The van der Waals surface area contributed by atoms with E-state index in [4.69, 9.17) is 0 Å². The van der Waals surface area contributed by atoms with Crippen LogP contribution in [0.4, 0.5) is 8.78 Å². The first-order valence-electron chi connectivity index (χ1n) is 7.08. The van der Waals surface area contributed by atoms with Crippen LogP contribution in [-0.4, -0.2) is 24.0 Å². The largest absolute Gasteiger partial charge is 0.351 e. The lowest BCUT2D eigenvalue weighted by Crippen LogP contribution is -2.26. The smallest absolute Gasteiger partial charge is 0.288 e. The van der Waals surface area contributed by atoms with Crippen LogP contribution >= 0.6 is 23.5 Å². The SMILES string of the molecule is Cc1ccc(SCCNC(=O)c2ccccc2SC(F)F)cc1. The van der Waals surface area contributed by atoms with Crippen molar-refractivity contribution >= 4 is 29.4 Å². The molecule has 0 spiro atoms. The number of rotatable bonds is 7. The van der Waals surface area contributed by atoms with E-state index >= 15 is 0 Å². The standard InChI is InChI=1S/C17H17F2NOS2/c1-12-6-8-13(9-7-12)22-11-10-20-16(21)14-4-2-3-5-15(14)23-17(18)19/h2-9,17H,10-11H2,1H3,(H,20,21). The van der Waals surface area contributed by atoms with Gasteiger partial charge >= 0.3 is 0 Å². The minimum absolute atomic E-state index is 0.290. The normalized spacial score (nSPS) is 10.8. The van der Waals surface area contributed by atoms with Gasteiger partial charge in [-0.25, -0.2) is 0 Å². The molecule has 0 saturated carbocycles. The Morgan fingerprint density at radius 2 is 1.83 bits per heavy atom. The monoisotopic (exact) mass is 353 g/mol. The van der Waals surface area contributed by atoms with Crippen LogP contribution in [0, 0.1) is 6.92 Å². The number of nitrogens with one attached hydrogen (secondary N) is 1. The summed E-state index contributed by atoms with van der Waals surface area (Å²) in [5.74, 6) is -2.14. The molecule has 0 bridgehead atoms. The summed E-state index contributed by atoms with van der Waals surface area (Å²) >= 11 is 2.03. The van der Waals surface area contributed by atoms with Crippen molar-refractivity contribution in [2.24, 2.45) is 0 Å². The molecule has 0 radical (unpaired) electrons. The highest BCUT2D eigenvalue weighted by Gasteiger charge is 2.14. The van der Waals surface area contributed by atoms with E-state index in [1.807, 2.05) is 31.2 Å². The van der Waals surface area contributed by atoms with Crippen LogP contribution in [-0.2, 0) is 0 Å². The molecule has 0 saturated heterocycles. The zero-order valence-corrected chi connectivity index (χ0v) is 14.2. The second-order valence-electron chi connectivity index (χ2n) is 4.79. The van der Waals surface area contributed by atoms with Crippen LogP contribution in [0.5, 0.6) is 0 Å². The number of alkyl halides is 2. The molecule has 2 aromatic carbocycles. The molecule has 1 amide bonds. The van der Waals surface area contributed by atoms with Gasteiger partial charge in [-0.05, 0) is 31.2 Å². The Kier molecular flexibility index (Phi) is 6.92.